The number of hydrogen-bond donors (Lipinski definition) is 2. The van der Waals surface area contributed by atoms with E-state index in [4.69, 9.17) is 12.2 Å². The summed E-state index contributed by atoms with van der Waals surface area (Å²) in [6.07, 6.45) is 0.330. The van der Waals surface area contributed by atoms with Crippen molar-refractivity contribution in [1.29, 1.82) is 0 Å². The summed E-state index contributed by atoms with van der Waals surface area (Å²) in [4.78, 5) is 17.0. The number of aromatic amines is 1. The molecule has 0 saturated heterocycles. The van der Waals surface area contributed by atoms with E-state index in [-0.39, 0.29) is 5.91 Å². The van der Waals surface area contributed by atoms with Gasteiger partial charge in [-0.25, -0.2) is 4.98 Å². The number of carbonyl (C=O) groups excluding carboxylic acids is 1. The standard InChI is InChI=1S/C22H24N6OS/c1-15-7-9-17(10-8-15)21-25-26-22(30)28(21)13-11-20(29)23-12-14-27-16(2)24-18-5-3-4-6-19(18)27/h3-10H,11-14H2,1-2H3,(H,23,29)(H,26,30). The molecule has 0 spiro atoms. The molecule has 2 heterocycles. The summed E-state index contributed by atoms with van der Waals surface area (Å²) < 4.78 is 4.50. The van der Waals surface area contributed by atoms with Crippen LogP contribution >= 0.6 is 12.2 Å². The summed E-state index contributed by atoms with van der Waals surface area (Å²) in [7, 11) is 0. The zero-order chi connectivity index (χ0) is 21.1. The molecular formula is C22H24N6OS. The topological polar surface area (TPSA) is 80.5 Å². The predicted molar refractivity (Wildman–Crippen MR) is 120 cm³/mol. The first-order valence-electron chi connectivity index (χ1n) is 9.94. The van der Waals surface area contributed by atoms with E-state index in [0.717, 1.165) is 28.2 Å². The van der Waals surface area contributed by atoms with Crippen LogP contribution in [0.15, 0.2) is 48.5 Å². The Balaban J connectivity index is 1.35. The molecule has 7 nitrogen and oxygen atoms in total. The lowest BCUT2D eigenvalue weighted by Gasteiger charge is -2.10. The number of H-pyrrole nitrogens is 1. The minimum atomic E-state index is -0.0185. The number of aryl methyl sites for hydroxylation is 2. The first-order chi connectivity index (χ1) is 14.5. The molecule has 0 aliphatic carbocycles. The lowest BCUT2D eigenvalue weighted by atomic mass is 10.1. The molecular weight excluding hydrogens is 396 g/mol. The monoisotopic (exact) mass is 420 g/mol. The third kappa shape index (κ3) is 4.18. The molecule has 0 unspecified atom stereocenters. The number of nitrogens with one attached hydrogen (secondary N) is 2. The molecule has 0 saturated carbocycles. The summed E-state index contributed by atoms with van der Waals surface area (Å²) in [5, 5.41) is 10.2. The Morgan fingerprint density at radius 2 is 1.83 bits per heavy atom. The van der Waals surface area contributed by atoms with Crippen LogP contribution in [0, 0.1) is 18.6 Å². The van der Waals surface area contributed by atoms with Gasteiger partial charge in [-0.15, -0.1) is 0 Å². The van der Waals surface area contributed by atoms with Crippen LogP contribution in [0.5, 0.6) is 0 Å². The Hall–Kier alpha value is -3.26. The average Bonchev–Trinajstić information content (AvgIpc) is 3.26. The Labute approximate surface area is 179 Å². The van der Waals surface area contributed by atoms with Crippen molar-refractivity contribution in [1.82, 2.24) is 29.6 Å². The Morgan fingerprint density at radius 1 is 1.07 bits per heavy atom. The van der Waals surface area contributed by atoms with Crippen molar-refractivity contribution in [3.8, 4) is 11.4 Å². The van der Waals surface area contributed by atoms with Crippen molar-refractivity contribution in [2.45, 2.75) is 33.4 Å². The number of para-hydroxylation sites is 2. The van der Waals surface area contributed by atoms with Crippen LogP contribution in [0.1, 0.15) is 17.8 Å². The Morgan fingerprint density at radius 3 is 2.63 bits per heavy atom. The molecule has 4 aromatic rings. The van der Waals surface area contributed by atoms with Gasteiger partial charge >= 0.3 is 0 Å². The maximum Gasteiger partial charge on any atom is 0.221 e. The number of carbonyl (C=O) groups is 1. The number of hydrogen-bond acceptors (Lipinski definition) is 4. The molecule has 0 atom stereocenters. The van der Waals surface area contributed by atoms with E-state index in [1.54, 1.807) is 0 Å². The molecule has 154 valence electrons. The first-order valence-corrected chi connectivity index (χ1v) is 10.3. The second-order valence-corrected chi connectivity index (χ2v) is 7.66. The maximum absolute atomic E-state index is 12.4. The number of benzene rings is 2. The van der Waals surface area contributed by atoms with E-state index in [9.17, 15) is 4.79 Å². The van der Waals surface area contributed by atoms with Crippen LogP contribution in [0.25, 0.3) is 22.4 Å². The molecule has 0 radical (unpaired) electrons. The summed E-state index contributed by atoms with van der Waals surface area (Å²) >= 11 is 5.35. The number of imidazole rings is 1. The van der Waals surface area contributed by atoms with Gasteiger partial charge in [0.15, 0.2) is 10.6 Å². The Kier molecular flexibility index (Phi) is 5.76. The third-order valence-electron chi connectivity index (χ3n) is 5.13. The molecule has 30 heavy (non-hydrogen) atoms. The number of amides is 1. The average molecular weight is 421 g/mol. The highest BCUT2D eigenvalue weighted by Gasteiger charge is 2.11. The molecule has 2 aromatic carbocycles. The van der Waals surface area contributed by atoms with Crippen LogP contribution < -0.4 is 5.32 Å². The van der Waals surface area contributed by atoms with Gasteiger partial charge in [-0.2, -0.15) is 5.10 Å². The lowest BCUT2D eigenvalue weighted by molar-refractivity contribution is -0.121. The summed E-state index contributed by atoms with van der Waals surface area (Å²) in [6, 6.07) is 16.1. The first kappa shape index (κ1) is 20.0. The van der Waals surface area contributed by atoms with Gasteiger partial charge in [0.1, 0.15) is 5.82 Å². The van der Waals surface area contributed by atoms with Crippen LogP contribution in [0.3, 0.4) is 0 Å². The zero-order valence-electron chi connectivity index (χ0n) is 17.1. The van der Waals surface area contributed by atoms with Crippen LogP contribution in [0.4, 0.5) is 0 Å². The molecule has 0 aliphatic heterocycles. The molecule has 0 bridgehead atoms. The highest BCUT2D eigenvalue weighted by atomic mass is 32.1. The fourth-order valence-corrected chi connectivity index (χ4v) is 3.76. The van der Waals surface area contributed by atoms with Crippen molar-refractivity contribution < 1.29 is 4.79 Å². The number of aromatic nitrogens is 5. The highest BCUT2D eigenvalue weighted by molar-refractivity contribution is 7.71. The van der Waals surface area contributed by atoms with Gasteiger partial charge in [0, 0.05) is 31.6 Å². The van der Waals surface area contributed by atoms with E-state index in [1.807, 2.05) is 66.9 Å². The fourth-order valence-electron chi connectivity index (χ4n) is 3.54. The van der Waals surface area contributed by atoms with Gasteiger partial charge in [-0.05, 0) is 38.2 Å². The summed E-state index contributed by atoms with van der Waals surface area (Å²) in [6.45, 7) is 5.71. The number of rotatable bonds is 7. The fraction of sp³-hybridized carbons (Fsp3) is 0.273. The molecule has 1 amide bonds. The van der Waals surface area contributed by atoms with Gasteiger partial charge in [0.05, 0.1) is 11.0 Å². The molecule has 2 N–H and O–H groups in total. The molecule has 4 rings (SSSR count). The van der Waals surface area contributed by atoms with Crippen LogP contribution in [-0.4, -0.2) is 36.8 Å². The van der Waals surface area contributed by atoms with Gasteiger partial charge in [0.25, 0.3) is 0 Å². The second-order valence-electron chi connectivity index (χ2n) is 7.27. The van der Waals surface area contributed by atoms with Gasteiger partial charge in [0.2, 0.25) is 5.91 Å². The van der Waals surface area contributed by atoms with E-state index in [2.05, 4.69) is 25.1 Å². The number of fused-ring (bicyclic) bond motifs is 1. The SMILES string of the molecule is Cc1ccc(-c2n[nH]c(=S)n2CCC(=O)NCCn2c(C)nc3ccccc32)cc1. The lowest BCUT2D eigenvalue weighted by Crippen LogP contribution is -2.28. The summed E-state index contributed by atoms with van der Waals surface area (Å²) in [5.74, 6) is 1.67. The van der Waals surface area contributed by atoms with E-state index < -0.39 is 0 Å². The van der Waals surface area contributed by atoms with Crippen molar-refractivity contribution >= 4 is 29.2 Å². The Bertz CT molecular complexity index is 1230. The quantitative estimate of drug-likeness (QED) is 0.446. The number of nitrogens with zero attached hydrogens (tertiary/aromatic N) is 4. The molecule has 0 fully saturated rings. The minimum Gasteiger partial charge on any atom is -0.354 e. The van der Waals surface area contributed by atoms with Crippen molar-refractivity contribution in [2.75, 3.05) is 6.54 Å². The third-order valence-corrected chi connectivity index (χ3v) is 5.45. The molecule has 8 heteroatoms. The van der Waals surface area contributed by atoms with E-state index in [0.29, 0.717) is 30.8 Å². The van der Waals surface area contributed by atoms with E-state index >= 15 is 0 Å². The van der Waals surface area contributed by atoms with Gasteiger partial charge in [-0.1, -0.05) is 42.0 Å². The smallest absolute Gasteiger partial charge is 0.221 e. The largest absolute Gasteiger partial charge is 0.354 e. The zero-order valence-corrected chi connectivity index (χ0v) is 17.9. The second kappa shape index (κ2) is 8.62. The van der Waals surface area contributed by atoms with E-state index in [1.165, 1.54) is 5.56 Å². The highest BCUT2D eigenvalue weighted by Crippen LogP contribution is 2.18. The van der Waals surface area contributed by atoms with Crippen LogP contribution in [-0.2, 0) is 17.9 Å². The van der Waals surface area contributed by atoms with Crippen molar-refractivity contribution in [3.05, 3.63) is 64.7 Å². The maximum atomic E-state index is 12.4. The molecule has 0 aliphatic rings. The predicted octanol–water partition coefficient (Wildman–Crippen LogP) is 3.78. The van der Waals surface area contributed by atoms with Gasteiger partial charge in [-0.3, -0.25) is 14.5 Å². The van der Waals surface area contributed by atoms with Gasteiger partial charge < -0.3 is 9.88 Å². The van der Waals surface area contributed by atoms with Crippen LogP contribution in [0.2, 0.25) is 0 Å². The van der Waals surface area contributed by atoms with Crippen molar-refractivity contribution in [3.63, 3.8) is 0 Å². The summed E-state index contributed by atoms with van der Waals surface area (Å²) in [5.41, 5.74) is 4.20. The normalized spacial score (nSPS) is 11.1. The minimum absolute atomic E-state index is 0.0185. The van der Waals surface area contributed by atoms with Crippen molar-refractivity contribution in [2.24, 2.45) is 0 Å². The molecule has 2 aromatic heterocycles.